The number of rotatable bonds is 5. The number of nitrogens with zero attached hydrogens (tertiary/aromatic N) is 1. The second-order valence-electron chi connectivity index (χ2n) is 4.06. The van der Waals surface area contributed by atoms with Gasteiger partial charge in [-0.2, -0.15) is 0 Å². The van der Waals surface area contributed by atoms with Crippen molar-refractivity contribution in [1.29, 1.82) is 0 Å². The largest absolute Gasteiger partial charge is 0.349 e. The fourth-order valence-electron chi connectivity index (χ4n) is 1.82. The highest BCUT2D eigenvalue weighted by atomic mass is 35.5. The molecule has 0 aliphatic heterocycles. The molecule has 2 rings (SSSR count). The summed E-state index contributed by atoms with van der Waals surface area (Å²) in [5.41, 5.74) is 1.28. The van der Waals surface area contributed by atoms with E-state index in [1.807, 2.05) is 25.4 Å². The summed E-state index contributed by atoms with van der Waals surface area (Å²) >= 11 is 5.87. The standard InChI is InChI=1S/C13H16ClN3/c1-15-12(9-13-16-6-7-17-13)8-10-2-4-11(14)5-3-10/h2-7,12,15H,8-9H2,1H3,(H,16,17). The number of H-pyrrole nitrogens is 1. The first-order chi connectivity index (χ1) is 8.28. The highest BCUT2D eigenvalue weighted by molar-refractivity contribution is 6.30. The quantitative estimate of drug-likeness (QED) is 0.855. The molecule has 90 valence electrons. The molecule has 0 fully saturated rings. The minimum Gasteiger partial charge on any atom is -0.349 e. The lowest BCUT2D eigenvalue weighted by molar-refractivity contribution is 0.545. The Balaban J connectivity index is 1.97. The van der Waals surface area contributed by atoms with E-state index in [0.29, 0.717) is 6.04 Å². The zero-order chi connectivity index (χ0) is 12.1. The summed E-state index contributed by atoms with van der Waals surface area (Å²) in [6, 6.07) is 8.36. The third-order valence-electron chi connectivity index (χ3n) is 2.80. The number of hydrogen-bond donors (Lipinski definition) is 2. The Morgan fingerprint density at radius 2 is 2.06 bits per heavy atom. The third kappa shape index (κ3) is 3.58. The molecule has 0 bridgehead atoms. The Morgan fingerprint density at radius 3 is 2.65 bits per heavy atom. The summed E-state index contributed by atoms with van der Waals surface area (Å²) in [7, 11) is 1.98. The van der Waals surface area contributed by atoms with Gasteiger partial charge >= 0.3 is 0 Å². The molecule has 1 unspecified atom stereocenters. The van der Waals surface area contributed by atoms with Gasteiger partial charge in [-0.25, -0.2) is 4.98 Å². The van der Waals surface area contributed by atoms with E-state index in [1.165, 1.54) is 5.56 Å². The number of benzene rings is 1. The van der Waals surface area contributed by atoms with E-state index in [9.17, 15) is 0 Å². The van der Waals surface area contributed by atoms with Crippen LogP contribution in [0.15, 0.2) is 36.7 Å². The molecule has 0 saturated carbocycles. The van der Waals surface area contributed by atoms with Gasteiger partial charge in [0.25, 0.3) is 0 Å². The van der Waals surface area contributed by atoms with Crippen LogP contribution in [0.3, 0.4) is 0 Å². The lowest BCUT2D eigenvalue weighted by atomic mass is 10.0. The SMILES string of the molecule is CNC(Cc1ccc(Cl)cc1)Cc1ncc[nH]1. The van der Waals surface area contributed by atoms with Crippen molar-refractivity contribution in [3.05, 3.63) is 53.1 Å². The van der Waals surface area contributed by atoms with E-state index in [1.54, 1.807) is 6.20 Å². The molecule has 17 heavy (non-hydrogen) atoms. The van der Waals surface area contributed by atoms with Crippen molar-refractivity contribution in [2.45, 2.75) is 18.9 Å². The molecule has 1 aromatic carbocycles. The lowest BCUT2D eigenvalue weighted by Gasteiger charge is -2.14. The van der Waals surface area contributed by atoms with Crippen molar-refractivity contribution < 1.29 is 0 Å². The fraction of sp³-hybridized carbons (Fsp3) is 0.308. The Morgan fingerprint density at radius 1 is 1.29 bits per heavy atom. The predicted molar refractivity (Wildman–Crippen MR) is 70.3 cm³/mol. The molecule has 0 radical (unpaired) electrons. The minimum atomic E-state index is 0.377. The molecule has 1 heterocycles. The van der Waals surface area contributed by atoms with Crippen LogP contribution in [-0.2, 0) is 12.8 Å². The van der Waals surface area contributed by atoms with Gasteiger partial charge in [-0.1, -0.05) is 23.7 Å². The predicted octanol–water partition coefficient (Wildman–Crippen LogP) is 2.44. The van der Waals surface area contributed by atoms with Crippen LogP contribution in [0.5, 0.6) is 0 Å². The van der Waals surface area contributed by atoms with Gasteiger partial charge in [-0.3, -0.25) is 0 Å². The van der Waals surface area contributed by atoms with E-state index in [2.05, 4.69) is 27.4 Å². The molecule has 4 heteroatoms. The Labute approximate surface area is 106 Å². The molecular formula is C13H16ClN3. The first-order valence-corrected chi connectivity index (χ1v) is 6.05. The molecule has 0 spiro atoms. The van der Waals surface area contributed by atoms with Crippen molar-refractivity contribution in [3.63, 3.8) is 0 Å². The van der Waals surface area contributed by atoms with E-state index in [-0.39, 0.29) is 0 Å². The normalized spacial score (nSPS) is 12.6. The van der Waals surface area contributed by atoms with Crippen LogP contribution in [0.1, 0.15) is 11.4 Å². The summed E-state index contributed by atoms with van der Waals surface area (Å²) < 4.78 is 0. The van der Waals surface area contributed by atoms with Crippen molar-refractivity contribution in [1.82, 2.24) is 15.3 Å². The minimum absolute atomic E-state index is 0.377. The maximum atomic E-state index is 5.87. The molecule has 0 aliphatic carbocycles. The Hall–Kier alpha value is -1.32. The van der Waals surface area contributed by atoms with E-state index in [0.717, 1.165) is 23.7 Å². The van der Waals surface area contributed by atoms with Crippen LogP contribution in [0.2, 0.25) is 5.02 Å². The summed E-state index contributed by atoms with van der Waals surface area (Å²) in [4.78, 5) is 7.37. The van der Waals surface area contributed by atoms with Crippen molar-refractivity contribution in [2.24, 2.45) is 0 Å². The van der Waals surface area contributed by atoms with Gasteiger partial charge in [-0.15, -0.1) is 0 Å². The summed E-state index contributed by atoms with van der Waals surface area (Å²) in [5, 5.41) is 4.09. The molecule has 1 aromatic heterocycles. The smallest absolute Gasteiger partial charge is 0.107 e. The average molecular weight is 250 g/mol. The van der Waals surface area contributed by atoms with Gasteiger partial charge in [-0.05, 0) is 31.2 Å². The molecule has 0 aliphatic rings. The fourth-order valence-corrected chi connectivity index (χ4v) is 1.95. The second-order valence-corrected chi connectivity index (χ2v) is 4.49. The van der Waals surface area contributed by atoms with Gasteiger partial charge in [0.15, 0.2) is 0 Å². The van der Waals surface area contributed by atoms with E-state index < -0.39 is 0 Å². The highest BCUT2D eigenvalue weighted by Gasteiger charge is 2.09. The molecule has 2 N–H and O–H groups in total. The number of halogens is 1. The van der Waals surface area contributed by atoms with Crippen LogP contribution in [-0.4, -0.2) is 23.1 Å². The summed E-state index contributed by atoms with van der Waals surface area (Å²) in [6.45, 7) is 0. The van der Waals surface area contributed by atoms with Crippen LogP contribution >= 0.6 is 11.6 Å². The van der Waals surface area contributed by atoms with Crippen LogP contribution in [0, 0.1) is 0 Å². The second kappa shape index (κ2) is 5.84. The lowest BCUT2D eigenvalue weighted by Crippen LogP contribution is -2.30. The number of aromatic nitrogens is 2. The first kappa shape index (κ1) is 12.1. The van der Waals surface area contributed by atoms with Crippen molar-refractivity contribution in [2.75, 3.05) is 7.05 Å². The Bertz CT molecular complexity index is 436. The molecule has 0 amide bonds. The maximum Gasteiger partial charge on any atom is 0.107 e. The molecule has 1 atom stereocenters. The maximum absolute atomic E-state index is 5.87. The number of aromatic amines is 1. The van der Waals surface area contributed by atoms with Gasteiger partial charge < -0.3 is 10.3 Å². The van der Waals surface area contributed by atoms with Gasteiger partial charge in [0.05, 0.1) is 0 Å². The molecule has 2 aromatic rings. The summed E-state index contributed by atoms with van der Waals surface area (Å²) in [6.07, 6.45) is 5.50. The number of nitrogens with one attached hydrogen (secondary N) is 2. The van der Waals surface area contributed by atoms with Crippen LogP contribution in [0.25, 0.3) is 0 Å². The number of imidazole rings is 1. The molecule has 0 saturated heterocycles. The van der Waals surface area contributed by atoms with Crippen LogP contribution in [0.4, 0.5) is 0 Å². The van der Waals surface area contributed by atoms with Crippen molar-refractivity contribution >= 4 is 11.6 Å². The molecule has 3 nitrogen and oxygen atoms in total. The zero-order valence-corrected chi connectivity index (χ0v) is 10.5. The topological polar surface area (TPSA) is 40.7 Å². The third-order valence-corrected chi connectivity index (χ3v) is 3.05. The van der Waals surface area contributed by atoms with E-state index in [4.69, 9.17) is 11.6 Å². The van der Waals surface area contributed by atoms with Crippen molar-refractivity contribution in [3.8, 4) is 0 Å². The van der Waals surface area contributed by atoms with Gasteiger partial charge in [0.2, 0.25) is 0 Å². The molecular weight excluding hydrogens is 234 g/mol. The number of likely N-dealkylation sites (N-methyl/N-ethyl adjacent to an activating group) is 1. The zero-order valence-electron chi connectivity index (χ0n) is 9.78. The van der Waals surface area contributed by atoms with E-state index >= 15 is 0 Å². The van der Waals surface area contributed by atoms with Crippen LogP contribution < -0.4 is 5.32 Å². The number of hydrogen-bond acceptors (Lipinski definition) is 2. The summed E-state index contributed by atoms with van der Waals surface area (Å²) in [5.74, 6) is 1.01. The highest BCUT2D eigenvalue weighted by Crippen LogP contribution is 2.12. The van der Waals surface area contributed by atoms with Gasteiger partial charge in [0.1, 0.15) is 5.82 Å². The average Bonchev–Trinajstić information content (AvgIpc) is 2.84. The van der Waals surface area contributed by atoms with Gasteiger partial charge in [0, 0.05) is 29.9 Å². The Kier molecular flexibility index (Phi) is 4.18. The first-order valence-electron chi connectivity index (χ1n) is 5.68. The monoisotopic (exact) mass is 249 g/mol.